The molecule has 0 bridgehead atoms. The highest BCUT2D eigenvalue weighted by atomic mass is 16.6. The fourth-order valence-electron chi connectivity index (χ4n) is 2.64. The molecule has 3 aromatic carbocycles. The minimum atomic E-state index is -0.585. The molecule has 2 amide bonds. The highest BCUT2D eigenvalue weighted by Gasteiger charge is 2.13. The van der Waals surface area contributed by atoms with Gasteiger partial charge in [-0.15, -0.1) is 0 Å². The molecule has 3 aromatic rings. The normalized spacial score (nSPS) is 10.1. The number of hydrogen-bond acceptors (Lipinski definition) is 5. The highest BCUT2D eigenvalue weighted by Crippen LogP contribution is 2.24. The fraction of sp³-hybridized carbons (Fsp3) is 0.0909. The molecular weight excluding hydrogens is 386 g/mol. The molecule has 0 atom stereocenters. The van der Waals surface area contributed by atoms with Crippen LogP contribution in [0.3, 0.4) is 0 Å². The third kappa shape index (κ3) is 5.65. The lowest BCUT2D eigenvalue weighted by Gasteiger charge is -2.12. The van der Waals surface area contributed by atoms with E-state index in [2.05, 4.69) is 10.6 Å². The van der Waals surface area contributed by atoms with Gasteiger partial charge in [0.1, 0.15) is 11.5 Å². The number of rotatable bonds is 8. The second kappa shape index (κ2) is 9.83. The van der Waals surface area contributed by atoms with E-state index in [0.717, 1.165) is 11.6 Å². The van der Waals surface area contributed by atoms with Crippen molar-refractivity contribution in [3.8, 4) is 11.5 Å². The fourth-order valence-corrected chi connectivity index (χ4v) is 2.64. The summed E-state index contributed by atoms with van der Waals surface area (Å²) in [6.07, 6.45) is 0. The molecule has 0 fully saturated rings. The van der Waals surface area contributed by atoms with Crippen LogP contribution in [0.4, 0.5) is 5.69 Å². The predicted octanol–water partition coefficient (Wildman–Crippen LogP) is 3.43. The summed E-state index contributed by atoms with van der Waals surface area (Å²) in [5, 5.41) is 16.0. The largest absolute Gasteiger partial charge is 0.457 e. The third-order valence-electron chi connectivity index (χ3n) is 4.15. The Hall–Kier alpha value is -4.20. The smallest absolute Gasteiger partial charge is 0.270 e. The number of nitro benzene ring substituents is 1. The monoisotopic (exact) mass is 405 g/mol. The summed E-state index contributed by atoms with van der Waals surface area (Å²) in [5.74, 6) is 0.329. The second-order valence-electron chi connectivity index (χ2n) is 6.29. The Morgan fingerprint density at radius 2 is 1.63 bits per heavy atom. The summed E-state index contributed by atoms with van der Waals surface area (Å²) in [5.41, 5.74) is 0.695. The number of carbonyl (C=O) groups is 2. The number of amides is 2. The first kappa shape index (κ1) is 20.5. The van der Waals surface area contributed by atoms with Crippen LogP contribution in [0.15, 0.2) is 78.9 Å². The number of non-ortho nitro benzene ring substituents is 1. The molecule has 3 rings (SSSR count). The molecule has 152 valence electrons. The van der Waals surface area contributed by atoms with Crippen molar-refractivity contribution >= 4 is 17.5 Å². The Balaban J connectivity index is 1.53. The lowest BCUT2D eigenvalue weighted by molar-refractivity contribution is -0.384. The Labute approximate surface area is 172 Å². The molecule has 8 heteroatoms. The van der Waals surface area contributed by atoms with Crippen molar-refractivity contribution in [3.63, 3.8) is 0 Å². The summed E-state index contributed by atoms with van der Waals surface area (Å²) in [4.78, 5) is 34.5. The van der Waals surface area contributed by atoms with E-state index in [4.69, 9.17) is 4.74 Å². The lowest BCUT2D eigenvalue weighted by atomic mass is 10.2. The Kier molecular flexibility index (Phi) is 6.73. The number of nitrogens with zero attached hydrogens (tertiary/aromatic N) is 1. The first-order valence-electron chi connectivity index (χ1n) is 9.13. The number of carbonyl (C=O) groups excluding carboxylic acids is 2. The van der Waals surface area contributed by atoms with Gasteiger partial charge in [-0.1, -0.05) is 42.5 Å². The van der Waals surface area contributed by atoms with E-state index in [9.17, 15) is 19.7 Å². The zero-order chi connectivity index (χ0) is 21.3. The number of nitro groups is 1. The van der Waals surface area contributed by atoms with Crippen molar-refractivity contribution in [1.82, 2.24) is 10.6 Å². The maximum absolute atomic E-state index is 12.1. The molecule has 0 unspecified atom stereocenters. The number of para-hydroxylation sites is 2. The Bertz CT molecular complexity index is 1050. The van der Waals surface area contributed by atoms with Crippen molar-refractivity contribution in [2.45, 2.75) is 6.54 Å². The number of hydrogen-bond donors (Lipinski definition) is 2. The molecule has 0 saturated heterocycles. The molecule has 0 aromatic heterocycles. The first-order chi connectivity index (χ1) is 14.5. The average molecular weight is 405 g/mol. The first-order valence-corrected chi connectivity index (χ1v) is 9.13. The van der Waals surface area contributed by atoms with Gasteiger partial charge in [-0.25, -0.2) is 0 Å². The van der Waals surface area contributed by atoms with Gasteiger partial charge in [0.05, 0.1) is 11.5 Å². The van der Waals surface area contributed by atoms with Crippen LogP contribution < -0.4 is 15.4 Å². The Morgan fingerprint density at radius 3 is 2.40 bits per heavy atom. The minimum Gasteiger partial charge on any atom is -0.457 e. The van der Waals surface area contributed by atoms with Crippen molar-refractivity contribution in [2.24, 2.45) is 0 Å². The third-order valence-corrected chi connectivity index (χ3v) is 4.15. The standard InChI is InChI=1S/C22H19N3O5/c26-21(15-24-22(27)16-8-6-9-18(13-16)25(28)29)23-14-17-7-4-5-12-20(17)30-19-10-2-1-3-11-19/h1-13H,14-15H2,(H,23,26)(H,24,27). The van der Waals surface area contributed by atoms with E-state index in [0.29, 0.717) is 11.5 Å². The topological polar surface area (TPSA) is 111 Å². The van der Waals surface area contributed by atoms with Crippen molar-refractivity contribution in [1.29, 1.82) is 0 Å². The average Bonchev–Trinajstić information content (AvgIpc) is 2.77. The summed E-state index contributed by atoms with van der Waals surface area (Å²) < 4.78 is 5.85. The van der Waals surface area contributed by atoms with Gasteiger partial charge in [0.15, 0.2) is 0 Å². The number of nitrogens with one attached hydrogen (secondary N) is 2. The van der Waals surface area contributed by atoms with E-state index < -0.39 is 16.7 Å². The van der Waals surface area contributed by atoms with Gasteiger partial charge < -0.3 is 15.4 Å². The maximum Gasteiger partial charge on any atom is 0.270 e. The van der Waals surface area contributed by atoms with Gasteiger partial charge in [0.25, 0.3) is 11.6 Å². The number of benzene rings is 3. The zero-order valence-electron chi connectivity index (χ0n) is 15.9. The maximum atomic E-state index is 12.1. The summed E-state index contributed by atoms with van der Waals surface area (Å²) in [6, 6.07) is 21.9. The van der Waals surface area contributed by atoms with Crippen LogP contribution in [0, 0.1) is 10.1 Å². The molecule has 0 aliphatic rings. The minimum absolute atomic E-state index is 0.110. The molecule has 30 heavy (non-hydrogen) atoms. The molecule has 0 spiro atoms. The van der Waals surface area contributed by atoms with Gasteiger partial charge in [-0.05, 0) is 24.3 Å². The van der Waals surface area contributed by atoms with Crippen LogP contribution in [0.5, 0.6) is 11.5 Å². The molecule has 0 saturated carbocycles. The Morgan fingerprint density at radius 1 is 0.900 bits per heavy atom. The van der Waals surface area contributed by atoms with Crippen LogP contribution in [-0.4, -0.2) is 23.3 Å². The summed E-state index contributed by atoms with van der Waals surface area (Å²) in [7, 11) is 0. The molecule has 0 aliphatic carbocycles. The molecule has 0 heterocycles. The van der Waals surface area contributed by atoms with Gasteiger partial charge in [0, 0.05) is 29.8 Å². The second-order valence-corrected chi connectivity index (χ2v) is 6.29. The molecule has 0 aliphatic heterocycles. The van der Waals surface area contributed by atoms with E-state index >= 15 is 0 Å². The van der Waals surface area contributed by atoms with Gasteiger partial charge in [-0.3, -0.25) is 19.7 Å². The van der Waals surface area contributed by atoms with Crippen LogP contribution in [0.1, 0.15) is 15.9 Å². The number of ether oxygens (including phenoxy) is 1. The van der Waals surface area contributed by atoms with Crippen LogP contribution >= 0.6 is 0 Å². The van der Waals surface area contributed by atoms with Crippen molar-refractivity contribution in [3.05, 3.63) is 100 Å². The quantitative estimate of drug-likeness (QED) is 0.441. The van der Waals surface area contributed by atoms with Crippen LogP contribution in [0.25, 0.3) is 0 Å². The summed E-state index contributed by atoms with van der Waals surface area (Å²) in [6.45, 7) is -0.0439. The van der Waals surface area contributed by atoms with E-state index in [-0.39, 0.29) is 24.3 Å². The van der Waals surface area contributed by atoms with Crippen LogP contribution in [-0.2, 0) is 11.3 Å². The van der Waals surface area contributed by atoms with E-state index in [1.54, 1.807) is 6.07 Å². The molecule has 0 radical (unpaired) electrons. The van der Waals surface area contributed by atoms with Gasteiger partial charge in [-0.2, -0.15) is 0 Å². The predicted molar refractivity (Wildman–Crippen MR) is 110 cm³/mol. The van der Waals surface area contributed by atoms with Crippen molar-refractivity contribution < 1.29 is 19.2 Å². The lowest BCUT2D eigenvalue weighted by Crippen LogP contribution is -2.36. The van der Waals surface area contributed by atoms with E-state index in [1.807, 2.05) is 48.5 Å². The summed E-state index contributed by atoms with van der Waals surface area (Å²) >= 11 is 0. The molecule has 8 nitrogen and oxygen atoms in total. The zero-order valence-corrected chi connectivity index (χ0v) is 15.9. The van der Waals surface area contributed by atoms with Gasteiger partial charge >= 0.3 is 0 Å². The van der Waals surface area contributed by atoms with Crippen molar-refractivity contribution in [2.75, 3.05) is 6.54 Å². The molecular formula is C22H19N3O5. The van der Waals surface area contributed by atoms with Crippen LogP contribution in [0.2, 0.25) is 0 Å². The molecule has 2 N–H and O–H groups in total. The highest BCUT2D eigenvalue weighted by molar-refractivity contribution is 5.96. The SMILES string of the molecule is O=C(CNC(=O)c1cccc([N+](=O)[O-])c1)NCc1ccccc1Oc1ccccc1. The van der Waals surface area contributed by atoms with E-state index in [1.165, 1.54) is 18.2 Å². The van der Waals surface area contributed by atoms with Gasteiger partial charge in [0.2, 0.25) is 5.91 Å².